The van der Waals surface area contributed by atoms with Gasteiger partial charge in [0.1, 0.15) is 5.82 Å². The molecule has 0 bridgehead atoms. The number of benzene rings is 2. The van der Waals surface area contributed by atoms with Gasteiger partial charge in [0.25, 0.3) is 0 Å². The highest BCUT2D eigenvalue weighted by molar-refractivity contribution is 7.98. The third kappa shape index (κ3) is 4.14. The predicted molar refractivity (Wildman–Crippen MR) is 107 cm³/mol. The lowest BCUT2D eigenvalue weighted by Crippen LogP contribution is -2.23. The third-order valence-corrected chi connectivity index (χ3v) is 5.98. The Morgan fingerprint density at radius 1 is 1.19 bits per heavy atom. The van der Waals surface area contributed by atoms with Crippen molar-refractivity contribution < 1.29 is 9.18 Å². The van der Waals surface area contributed by atoms with E-state index in [0.717, 1.165) is 27.4 Å². The van der Waals surface area contributed by atoms with Crippen molar-refractivity contribution in [3.8, 4) is 0 Å². The van der Waals surface area contributed by atoms with Crippen LogP contribution in [0.1, 0.15) is 23.7 Å². The number of thiazole rings is 1. The number of anilines is 2. The first-order valence-corrected chi connectivity index (χ1v) is 10.0. The van der Waals surface area contributed by atoms with Crippen LogP contribution in [-0.4, -0.2) is 10.9 Å². The summed E-state index contributed by atoms with van der Waals surface area (Å²) in [7, 11) is 0. The minimum atomic E-state index is -0.240. The quantitative estimate of drug-likeness (QED) is 0.514. The van der Waals surface area contributed by atoms with Gasteiger partial charge in [0.2, 0.25) is 5.91 Å². The highest BCUT2D eigenvalue weighted by Crippen LogP contribution is 2.33. The number of thioether (sulfide) groups is 1. The normalized spacial score (nSPS) is 10.8. The standard InChI is InChI=1S/C20H19FN2OS2/c1-13-5-4-6-19(14(13)2)23(15(3)24)20-22-17(12-26-20)11-25-18-9-7-16(21)8-10-18/h4-10,12H,11H2,1-3H3. The van der Waals surface area contributed by atoms with Crippen molar-refractivity contribution >= 4 is 39.8 Å². The fraction of sp³-hybridized carbons (Fsp3) is 0.200. The summed E-state index contributed by atoms with van der Waals surface area (Å²) in [4.78, 5) is 19.6. The van der Waals surface area contributed by atoms with Crippen LogP contribution in [0.5, 0.6) is 0 Å². The van der Waals surface area contributed by atoms with Crippen LogP contribution in [0.3, 0.4) is 0 Å². The smallest absolute Gasteiger partial charge is 0.230 e. The Morgan fingerprint density at radius 3 is 2.62 bits per heavy atom. The molecule has 0 aliphatic carbocycles. The number of amides is 1. The third-order valence-electron chi connectivity index (χ3n) is 4.06. The molecule has 0 aliphatic rings. The highest BCUT2D eigenvalue weighted by Gasteiger charge is 2.20. The van der Waals surface area contributed by atoms with Crippen LogP contribution in [0.25, 0.3) is 0 Å². The summed E-state index contributed by atoms with van der Waals surface area (Å²) >= 11 is 3.04. The number of carbonyl (C=O) groups is 1. The van der Waals surface area contributed by atoms with Gasteiger partial charge in [0.15, 0.2) is 5.13 Å². The second-order valence-electron chi connectivity index (χ2n) is 5.94. The fourth-order valence-electron chi connectivity index (χ4n) is 2.54. The predicted octanol–water partition coefficient (Wildman–Crippen LogP) is 5.88. The van der Waals surface area contributed by atoms with Crippen molar-refractivity contribution in [2.75, 3.05) is 4.90 Å². The van der Waals surface area contributed by atoms with E-state index in [-0.39, 0.29) is 11.7 Å². The summed E-state index contributed by atoms with van der Waals surface area (Å²) in [6, 6.07) is 12.3. The summed E-state index contributed by atoms with van der Waals surface area (Å²) in [5.41, 5.74) is 3.97. The van der Waals surface area contributed by atoms with Gasteiger partial charge in [-0.2, -0.15) is 0 Å². The SMILES string of the molecule is CC(=O)N(c1nc(CSc2ccc(F)cc2)cs1)c1cccc(C)c1C. The van der Waals surface area contributed by atoms with Gasteiger partial charge in [-0.25, -0.2) is 9.37 Å². The first-order chi connectivity index (χ1) is 12.5. The molecule has 0 saturated carbocycles. The van der Waals surface area contributed by atoms with Crippen molar-refractivity contribution in [3.05, 3.63) is 70.5 Å². The Hall–Kier alpha value is -2.18. The summed E-state index contributed by atoms with van der Waals surface area (Å²) in [6.07, 6.45) is 0. The summed E-state index contributed by atoms with van der Waals surface area (Å²) < 4.78 is 13.0. The molecule has 3 rings (SSSR count). The Morgan fingerprint density at radius 2 is 1.92 bits per heavy atom. The van der Waals surface area contributed by atoms with Crippen molar-refractivity contribution in [1.82, 2.24) is 4.98 Å². The summed E-state index contributed by atoms with van der Waals surface area (Å²) in [5, 5.41) is 2.63. The van der Waals surface area contributed by atoms with Gasteiger partial charge in [-0.1, -0.05) is 12.1 Å². The monoisotopic (exact) mass is 386 g/mol. The van der Waals surface area contributed by atoms with Crippen molar-refractivity contribution in [1.29, 1.82) is 0 Å². The second kappa shape index (κ2) is 8.01. The molecule has 134 valence electrons. The molecular weight excluding hydrogens is 367 g/mol. The zero-order valence-corrected chi connectivity index (χ0v) is 16.5. The van der Waals surface area contributed by atoms with Crippen molar-refractivity contribution in [3.63, 3.8) is 0 Å². The van der Waals surface area contributed by atoms with E-state index in [0.29, 0.717) is 10.9 Å². The summed E-state index contributed by atoms with van der Waals surface area (Å²) in [6.45, 7) is 5.60. The van der Waals surface area contributed by atoms with Crippen LogP contribution < -0.4 is 4.90 Å². The second-order valence-corrected chi connectivity index (χ2v) is 7.82. The fourth-order valence-corrected chi connectivity index (χ4v) is 4.31. The molecule has 26 heavy (non-hydrogen) atoms. The lowest BCUT2D eigenvalue weighted by molar-refractivity contribution is -0.115. The molecule has 0 saturated heterocycles. The van der Waals surface area contributed by atoms with Crippen LogP contribution in [0.15, 0.2) is 52.7 Å². The van der Waals surface area contributed by atoms with Crippen LogP contribution in [-0.2, 0) is 10.5 Å². The molecule has 3 aromatic rings. The largest absolute Gasteiger partial charge is 0.274 e. The molecule has 0 N–H and O–H groups in total. The van der Waals surface area contributed by atoms with E-state index >= 15 is 0 Å². The Labute approximate surface area is 160 Å². The molecule has 0 aliphatic heterocycles. The number of nitrogens with zero attached hydrogens (tertiary/aromatic N) is 2. The number of rotatable bonds is 5. The molecular formula is C20H19FN2OS2. The number of hydrogen-bond donors (Lipinski definition) is 0. The molecule has 0 fully saturated rings. The van der Waals surface area contributed by atoms with Gasteiger partial charge in [-0.15, -0.1) is 23.1 Å². The molecule has 1 aromatic heterocycles. The van der Waals surface area contributed by atoms with Crippen LogP contribution in [0, 0.1) is 19.7 Å². The number of halogens is 1. The average Bonchev–Trinajstić information content (AvgIpc) is 3.06. The van der Waals surface area contributed by atoms with E-state index in [1.54, 1.807) is 35.7 Å². The zero-order chi connectivity index (χ0) is 18.7. The van der Waals surface area contributed by atoms with Gasteiger partial charge < -0.3 is 0 Å². The van der Waals surface area contributed by atoms with Gasteiger partial charge >= 0.3 is 0 Å². The minimum Gasteiger partial charge on any atom is -0.274 e. The van der Waals surface area contributed by atoms with Gasteiger partial charge in [-0.3, -0.25) is 9.69 Å². The number of hydrogen-bond acceptors (Lipinski definition) is 4. The average molecular weight is 387 g/mol. The molecule has 2 aromatic carbocycles. The van der Waals surface area contributed by atoms with Crippen LogP contribution in [0.2, 0.25) is 0 Å². The van der Waals surface area contributed by atoms with Gasteiger partial charge in [0.05, 0.1) is 11.4 Å². The molecule has 0 radical (unpaired) electrons. The molecule has 1 amide bonds. The Bertz CT molecular complexity index is 922. The topological polar surface area (TPSA) is 33.2 Å². The van der Waals surface area contributed by atoms with Crippen LogP contribution >= 0.6 is 23.1 Å². The molecule has 6 heteroatoms. The maximum absolute atomic E-state index is 13.0. The van der Waals surface area contributed by atoms with Gasteiger partial charge in [-0.05, 0) is 55.3 Å². The van der Waals surface area contributed by atoms with Crippen molar-refractivity contribution in [2.24, 2.45) is 0 Å². The molecule has 0 spiro atoms. The Kier molecular flexibility index (Phi) is 5.74. The Balaban J connectivity index is 1.80. The van der Waals surface area contributed by atoms with E-state index in [2.05, 4.69) is 4.98 Å². The number of aryl methyl sites for hydroxylation is 1. The molecule has 3 nitrogen and oxygen atoms in total. The highest BCUT2D eigenvalue weighted by atomic mass is 32.2. The van der Waals surface area contributed by atoms with E-state index in [4.69, 9.17) is 0 Å². The van der Waals surface area contributed by atoms with E-state index < -0.39 is 0 Å². The number of aromatic nitrogens is 1. The molecule has 0 atom stereocenters. The van der Waals surface area contributed by atoms with E-state index in [9.17, 15) is 9.18 Å². The van der Waals surface area contributed by atoms with E-state index in [1.165, 1.54) is 23.5 Å². The zero-order valence-electron chi connectivity index (χ0n) is 14.8. The maximum Gasteiger partial charge on any atom is 0.230 e. The van der Waals surface area contributed by atoms with Crippen LogP contribution in [0.4, 0.5) is 15.2 Å². The minimum absolute atomic E-state index is 0.0641. The molecule has 0 unspecified atom stereocenters. The lowest BCUT2D eigenvalue weighted by Gasteiger charge is -2.21. The first kappa shape index (κ1) is 18.6. The first-order valence-electron chi connectivity index (χ1n) is 8.15. The molecule has 1 heterocycles. The summed E-state index contributed by atoms with van der Waals surface area (Å²) in [5.74, 6) is 0.363. The van der Waals surface area contributed by atoms with E-state index in [1.807, 2.05) is 37.4 Å². The lowest BCUT2D eigenvalue weighted by atomic mass is 10.1. The maximum atomic E-state index is 13.0. The van der Waals surface area contributed by atoms with Gasteiger partial charge in [0, 0.05) is 23.0 Å². The number of carbonyl (C=O) groups excluding carboxylic acids is 1. The van der Waals surface area contributed by atoms with Crippen molar-refractivity contribution in [2.45, 2.75) is 31.4 Å².